The lowest BCUT2D eigenvalue weighted by Gasteiger charge is -2.21. The maximum atomic E-state index is 12.7. The standard InChI is InChI=1S/C20H18N4O2S/c25-19(21-17-9-4-10-18-20(17)23-27-22-18)14-24(13-16-8-5-11-26-16)12-15-6-2-1-3-7-15/h1-11H,12-14H2,(H,21,25). The lowest BCUT2D eigenvalue weighted by Crippen LogP contribution is -2.32. The maximum absolute atomic E-state index is 12.7. The number of carbonyl (C=O) groups excluding carboxylic acids is 1. The number of aromatic nitrogens is 2. The summed E-state index contributed by atoms with van der Waals surface area (Å²) < 4.78 is 13.9. The van der Waals surface area contributed by atoms with E-state index < -0.39 is 0 Å². The van der Waals surface area contributed by atoms with Gasteiger partial charge < -0.3 is 9.73 Å². The number of nitrogens with one attached hydrogen (secondary N) is 1. The third-order valence-corrected chi connectivity index (χ3v) is 4.68. The molecule has 27 heavy (non-hydrogen) atoms. The lowest BCUT2D eigenvalue weighted by atomic mass is 10.2. The third kappa shape index (κ3) is 4.39. The van der Waals surface area contributed by atoms with E-state index in [4.69, 9.17) is 4.42 Å². The fourth-order valence-electron chi connectivity index (χ4n) is 2.93. The Balaban J connectivity index is 1.48. The molecule has 7 heteroatoms. The molecule has 0 aliphatic rings. The highest BCUT2D eigenvalue weighted by Gasteiger charge is 2.15. The fraction of sp³-hybridized carbons (Fsp3) is 0.150. The van der Waals surface area contributed by atoms with Crippen molar-refractivity contribution in [1.29, 1.82) is 0 Å². The molecule has 2 aromatic heterocycles. The molecular formula is C20H18N4O2S. The van der Waals surface area contributed by atoms with Crippen molar-refractivity contribution in [3.05, 3.63) is 78.3 Å². The normalized spacial score (nSPS) is 11.1. The Bertz CT molecular complexity index is 1010. The van der Waals surface area contributed by atoms with Gasteiger partial charge in [0.1, 0.15) is 16.8 Å². The Morgan fingerprint density at radius 2 is 1.89 bits per heavy atom. The summed E-state index contributed by atoms with van der Waals surface area (Å²) in [5, 5.41) is 2.96. The summed E-state index contributed by atoms with van der Waals surface area (Å²) in [6, 6.07) is 19.4. The SMILES string of the molecule is O=C(CN(Cc1ccccc1)Cc1ccco1)Nc1cccc2nsnc12. The number of amides is 1. The summed E-state index contributed by atoms with van der Waals surface area (Å²) in [5.41, 5.74) is 3.33. The number of benzene rings is 2. The molecule has 0 fully saturated rings. The first-order valence-corrected chi connectivity index (χ1v) is 9.31. The minimum atomic E-state index is -0.0991. The minimum Gasteiger partial charge on any atom is -0.468 e. The van der Waals surface area contributed by atoms with Crippen molar-refractivity contribution in [2.75, 3.05) is 11.9 Å². The molecule has 0 aliphatic heterocycles. The molecule has 0 saturated carbocycles. The number of fused-ring (bicyclic) bond motifs is 1. The van der Waals surface area contributed by atoms with Crippen molar-refractivity contribution < 1.29 is 9.21 Å². The number of hydrogen-bond donors (Lipinski definition) is 1. The molecule has 4 aromatic rings. The zero-order valence-corrected chi connectivity index (χ0v) is 15.4. The van der Waals surface area contributed by atoms with Gasteiger partial charge in [-0.05, 0) is 29.8 Å². The third-order valence-electron chi connectivity index (χ3n) is 4.14. The van der Waals surface area contributed by atoms with Gasteiger partial charge in [0.05, 0.1) is 36.8 Å². The van der Waals surface area contributed by atoms with Gasteiger partial charge in [0.2, 0.25) is 5.91 Å². The van der Waals surface area contributed by atoms with Gasteiger partial charge in [-0.25, -0.2) is 0 Å². The van der Waals surface area contributed by atoms with E-state index in [2.05, 4.69) is 26.2 Å². The first-order chi connectivity index (χ1) is 13.3. The molecule has 6 nitrogen and oxygen atoms in total. The van der Waals surface area contributed by atoms with Gasteiger partial charge in [0.15, 0.2) is 0 Å². The monoisotopic (exact) mass is 378 g/mol. The van der Waals surface area contributed by atoms with E-state index in [0.717, 1.165) is 34.1 Å². The summed E-state index contributed by atoms with van der Waals surface area (Å²) in [6.45, 7) is 1.44. The Morgan fingerprint density at radius 3 is 2.70 bits per heavy atom. The predicted octanol–water partition coefficient (Wildman–Crippen LogP) is 3.93. The fourth-order valence-corrected chi connectivity index (χ4v) is 3.48. The average molecular weight is 378 g/mol. The zero-order chi connectivity index (χ0) is 18.5. The molecule has 0 spiro atoms. The van der Waals surface area contributed by atoms with Crippen molar-refractivity contribution in [1.82, 2.24) is 13.6 Å². The molecule has 4 rings (SSSR count). The molecule has 0 atom stereocenters. The molecule has 0 bridgehead atoms. The van der Waals surface area contributed by atoms with E-state index in [0.29, 0.717) is 18.8 Å². The van der Waals surface area contributed by atoms with E-state index in [9.17, 15) is 4.79 Å². The van der Waals surface area contributed by atoms with Crippen LogP contribution in [0.2, 0.25) is 0 Å². The topological polar surface area (TPSA) is 71.3 Å². The molecule has 0 radical (unpaired) electrons. The second-order valence-electron chi connectivity index (χ2n) is 6.20. The van der Waals surface area contributed by atoms with E-state index in [1.165, 1.54) is 0 Å². The number of nitrogens with zero attached hydrogens (tertiary/aromatic N) is 3. The zero-order valence-electron chi connectivity index (χ0n) is 14.5. The molecular weight excluding hydrogens is 360 g/mol. The van der Waals surface area contributed by atoms with Crippen LogP contribution >= 0.6 is 11.7 Å². The average Bonchev–Trinajstić information content (AvgIpc) is 3.34. The van der Waals surface area contributed by atoms with Crippen molar-refractivity contribution >= 4 is 34.4 Å². The van der Waals surface area contributed by atoms with Crippen LogP contribution < -0.4 is 5.32 Å². The Labute approximate surface area is 160 Å². The quantitative estimate of drug-likeness (QED) is 0.528. The van der Waals surface area contributed by atoms with Gasteiger partial charge >= 0.3 is 0 Å². The second-order valence-corrected chi connectivity index (χ2v) is 6.72. The Kier molecular flexibility index (Phi) is 5.22. The number of hydrogen-bond acceptors (Lipinski definition) is 6. The second kappa shape index (κ2) is 8.11. The van der Waals surface area contributed by atoms with Crippen LogP contribution in [-0.2, 0) is 17.9 Å². The molecule has 1 amide bonds. The molecule has 0 aliphatic carbocycles. The van der Waals surface area contributed by atoms with Crippen LogP contribution in [0.15, 0.2) is 71.3 Å². The van der Waals surface area contributed by atoms with Crippen molar-refractivity contribution in [2.24, 2.45) is 0 Å². The highest BCUT2D eigenvalue weighted by molar-refractivity contribution is 7.00. The van der Waals surface area contributed by atoms with Crippen molar-refractivity contribution in [3.8, 4) is 0 Å². The first kappa shape index (κ1) is 17.4. The molecule has 0 saturated heterocycles. The number of anilines is 1. The Morgan fingerprint density at radius 1 is 1.00 bits per heavy atom. The van der Waals surface area contributed by atoms with Gasteiger partial charge in [0, 0.05) is 6.54 Å². The number of carbonyl (C=O) groups is 1. The van der Waals surface area contributed by atoms with E-state index in [1.807, 2.05) is 53.4 Å². The highest BCUT2D eigenvalue weighted by Crippen LogP contribution is 2.21. The van der Waals surface area contributed by atoms with Gasteiger partial charge in [-0.15, -0.1) is 0 Å². The summed E-state index contributed by atoms with van der Waals surface area (Å²) in [6.07, 6.45) is 1.64. The lowest BCUT2D eigenvalue weighted by molar-refractivity contribution is -0.117. The molecule has 2 heterocycles. The van der Waals surface area contributed by atoms with Gasteiger partial charge in [-0.3, -0.25) is 9.69 Å². The van der Waals surface area contributed by atoms with Gasteiger partial charge in [-0.1, -0.05) is 36.4 Å². The first-order valence-electron chi connectivity index (χ1n) is 8.58. The summed E-state index contributed by atoms with van der Waals surface area (Å²) in [5.74, 6) is 0.725. The Hall–Kier alpha value is -3.03. The van der Waals surface area contributed by atoms with E-state index in [1.54, 1.807) is 6.26 Å². The summed E-state index contributed by atoms with van der Waals surface area (Å²) >= 11 is 1.14. The van der Waals surface area contributed by atoms with Crippen molar-refractivity contribution in [2.45, 2.75) is 13.1 Å². The van der Waals surface area contributed by atoms with Gasteiger partial charge in [0.25, 0.3) is 0 Å². The van der Waals surface area contributed by atoms with Crippen LogP contribution in [0.25, 0.3) is 11.0 Å². The van der Waals surface area contributed by atoms with Crippen LogP contribution in [-0.4, -0.2) is 26.1 Å². The summed E-state index contributed by atoms with van der Waals surface area (Å²) in [4.78, 5) is 14.7. The van der Waals surface area contributed by atoms with Gasteiger partial charge in [-0.2, -0.15) is 8.75 Å². The number of furan rings is 1. The van der Waals surface area contributed by atoms with E-state index in [-0.39, 0.29) is 12.5 Å². The molecule has 2 aromatic carbocycles. The highest BCUT2D eigenvalue weighted by atomic mass is 32.1. The van der Waals surface area contributed by atoms with Crippen molar-refractivity contribution in [3.63, 3.8) is 0 Å². The molecule has 0 unspecified atom stereocenters. The van der Waals surface area contributed by atoms with Crippen LogP contribution in [0.5, 0.6) is 0 Å². The summed E-state index contributed by atoms with van der Waals surface area (Å²) in [7, 11) is 0. The smallest absolute Gasteiger partial charge is 0.238 e. The van der Waals surface area contributed by atoms with E-state index >= 15 is 0 Å². The minimum absolute atomic E-state index is 0.0991. The van der Waals surface area contributed by atoms with Crippen LogP contribution in [0.1, 0.15) is 11.3 Å². The van der Waals surface area contributed by atoms with Crippen LogP contribution in [0.3, 0.4) is 0 Å². The number of rotatable bonds is 7. The predicted molar refractivity (Wildman–Crippen MR) is 105 cm³/mol. The largest absolute Gasteiger partial charge is 0.468 e. The maximum Gasteiger partial charge on any atom is 0.238 e. The molecule has 1 N–H and O–H groups in total. The van der Waals surface area contributed by atoms with Crippen LogP contribution in [0.4, 0.5) is 5.69 Å². The molecule has 136 valence electrons. The van der Waals surface area contributed by atoms with Crippen LogP contribution in [0, 0.1) is 0 Å².